The third kappa shape index (κ3) is 6.20. The van der Waals surface area contributed by atoms with Crippen LogP contribution in [0, 0.1) is 17.8 Å². The fraction of sp³-hybridized carbons (Fsp3) is 0.615. The Morgan fingerprint density at radius 3 is 1.94 bits per heavy atom. The average molecular weight is 484 g/mol. The summed E-state index contributed by atoms with van der Waals surface area (Å²) in [6, 6.07) is 5.73. The van der Waals surface area contributed by atoms with E-state index < -0.39 is 18.0 Å². The Kier molecular flexibility index (Phi) is 7.44. The van der Waals surface area contributed by atoms with Crippen LogP contribution >= 0.6 is 0 Å². The van der Waals surface area contributed by atoms with E-state index >= 15 is 0 Å². The molecule has 0 spiro atoms. The van der Waals surface area contributed by atoms with Gasteiger partial charge in [-0.1, -0.05) is 6.92 Å². The molecule has 0 aromatic heterocycles. The number of amides is 5. The van der Waals surface area contributed by atoms with E-state index in [4.69, 9.17) is 0 Å². The molecular formula is C26H37N5O4. The molecule has 4 aliphatic rings. The topological polar surface area (TPSA) is 120 Å². The van der Waals surface area contributed by atoms with E-state index in [1.54, 1.807) is 36.1 Å². The minimum Gasteiger partial charge on any atom is -0.332 e. The van der Waals surface area contributed by atoms with Crippen molar-refractivity contribution in [3.8, 4) is 0 Å². The Balaban J connectivity index is 1.26. The maximum atomic E-state index is 12.8. The van der Waals surface area contributed by atoms with Crippen LogP contribution in [0.4, 0.5) is 16.2 Å². The fourth-order valence-corrected chi connectivity index (χ4v) is 6.67. The zero-order chi connectivity index (χ0) is 25.2. The van der Waals surface area contributed by atoms with E-state index in [1.807, 2.05) is 6.92 Å². The molecule has 0 heterocycles. The molecule has 4 saturated carbocycles. The second-order valence-corrected chi connectivity index (χ2v) is 10.7. The number of likely N-dealkylation sites (N-methyl/N-ethyl adjacent to an activating group) is 1. The van der Waals surface area contributed by atoms with Gasteiger partial charge in [-0.25, -0.2) is 4.79 Å². The normalized spacial score (nSPS) is 27.3. The molecule has 4 bridgehead atoms. The van der Waals surface area contributed by atoms with Crippen LogP contribution in [-0.2, 0) is 14.4 Å². The van der Waals surface area contributed by atoms with Gasteiger partial charge in [0.25, 0.3) is 0 Å². The highest BCUT2D eigenvalue weighted by Gasteiger charge is 2.51. The summed E-state index contributed by atoms with van der Waals surface area (Å²) in [7, 11) is 0. The number of anilines is 2. The Hall–Kier alpha value is -2.94. The van der Waals surface area contributed by atoms with Crippen LogP contribution in [0.5, 0.6) is 0 Å². The Morgan fingerprint density at radius 1 is 0.943 bits per heavy atom. The summed E-state index contributed by atoms with van der Waals surface area (Å²) in [6.07, 6.45) is 6.90. The zero-order valence-electron chi connectivity index (χ0n) is 20.9. The smallest absolute Gasteiger partial charge is 0.321 e. The van der Waals surface area contributed by atoms with Gasteiger partial charge in [0, 0.05) is 23.8 Å². The summed E-state index contributed by atoms with van der Waals surface area (Å²) < 4.78 is 0. The first-order chi connectivity index (χ1) is 16.6. The molecule has 1 unspecified atom stereocenters. The van der Waals surface area contributed by atoms with Crippen molar-refractivity contribution in [2.45, 2.75) is 70.9 Å². The fourth-order valence-electron chi connectivity index (χ4n) is 6.67. The lowest BCUT2D eigenvalue weighted by atomic mass is 9.53. The maximum Gasteiger partial charge on any atom is 0.321 e. The lowest BCUT2D eigenvalue weighted by Crippen LogP contribution is -2.62. The lowest BCUT2D eigenvalue weighted by molar-refractivity contribution is -0.126. The van der Waals surface area contributed by atoms with Crippen LogP contribution in [0.3, 0.4) is 0 Å². The van der Waals surface area contributed by atoms with Crippen molar-refractivity contribution in [2.24, 2.45) is 17.8 Å². The number of carbonyl (C=O) groups excluding carboxylic acids is 4. The van der Waals surface area contributed by atoms with E-state index in [-0.39, 0.29) is 23.9 Å². The van der Waals surface area contributed by atoms with Gasteiger partial charge in [-0.3, -0.25) is 24.6 Å². The largest absolute Gasteiger partial charge is 0.332 e. The number of nitrogens with zero attached hydrogens (tertiary/aromatic N) is 1. The van der Waals surface area contributed by atoms with Crippen molar-refractivity contribution in [3.05, 3.63) is 24.3 Å². The average Bonchev–Trinajstić information content (AvgIpc) is 2.76. The van der Waals surface area contributed by atoms with Crippen molar-refractivity contribution in [1.29, 1.82) is 0 Å². The Morgan fingerprint density at radius 2 is 1.46 bits per heavy atom. The number of hydrogen-bond donors (Lipinski definition) is 4. The van der Waals surface area contributed by atoms with Crippen molar-refractivity contribution < 1.29 is 19.2 Å². The van der Waals surface area contributed by atoms with Crippen LogP contribution in [0.2, 0.25) is 0 Å². The first kappa shape index (κ1) is 25.2. The third-order valence-corrected chi connectivity index (χ3v) is 7.82. The number of carbonyl (C=O) groups is 4. The first-order valence-electron chi connectivity index (χ1n) is 12.7. The summed E-state index contributed by atoms with van der Waals surface area (Å²) in [6.45, 7) is 5.48. The molecule has 190 valence electrons. The van der Waals surface area contributed by atoms with E-state index in [9.17, 15) is 19.2 Å². The molecule has 35 heavy (non-hydrogen) atoms. The van der Waals surface area contributed by atoms with Crippen LogP contribution in [-0.4, -0.2) is 53.3 Å². The van der Waals surface area contributed by atoms with E-state index in [1.165, 1.54) is 26.2 Å². The van der Waals surface area contributed by atoms with Gasteiger partial charge >= 0.3 is 6.03 Å². The van der Waals surface area contributed by atoms with Crippen molar-refractivity contribution in [2.75, 3.05) is 23.7 Å². The minimum atomic E-state index is -0.644. The molecule has 1 aromatic carbocycles. The van der Waals surface area contributed by atoms with Gasteiger partial charge in [-0.2, -0.15) is 0 Å². The quantitative estimate of drug-likeness (QED) is 0.453. The predicted octanol–water partition coefficient (Wildman–Crippen LogP) is 3.09. The van der Waals surface area contributed by atoms with Gasteiger partial charge in [-0.05, 0) is 94.0 Å². The Bertz CT molecular complexity index is 941. The third-order valence-electron chi connectivity index (χ3n) is 7.82. The van der Waals surface area contributed by atoms with Crippen LogP contribution in [0.1, 0.15) is 59.3 Å². The van der Waals surface area contributed by atoms with Crippen molar-refractivity contribution in [1.82, 2.24) is 15.5 Å². The molecule has 1 atom stereocenters. The van der Waals surface area contributed by atoms with Crippen LogP contribution in [0.25, 0.3) is 0 Å². The number of imide groups is 1. The SMILES string of the molecule is CCN(CC(=O)Nc1ccc(NC(C)=O)cc1)C(C)C(=O)NC(=O)NC12CC3CC(CC(C3)C1)C2. The second-order valence-electron chi connectivity index (χ2n) is 10.7. The van der Waals surface area contributed by atoms with Gasteiger partial charge in [0.2, 0.25) is 17.7 Å². The zero-order valence-corrected chi connectivity index (χ0v) is 20.9. The highest BCUT2D eigenvalue weighted by atomic mass is 16.2. The lowest BCUT2D eigenvalue weighted by Gasteiger charge is -2.56. The maximum absolute atomic E-state index is 12.8. The molecule has 4 fully saturated rings. The molecular weight excluding hydrogens is 446 g/mol. The van der Waals surface area contributed by atoms with Gasteiger partial charge in [-0.15, -0.1) is 0 Å². The number of rotatable bonds is 8. The highest BCUT2D eigenvalue weighted by Crippen LogP contribution is 2.55. The van der Waals surface area contributed by atoms with Crippen molar-refractivity contribution in [3.63, 3.8) is 0 Å². The molecule has 0 saturated heterocycles. The molecule has 4 N–H and O–H groups in total. The standard InChI is InChI=1S/C26H37N5O4/c1-4-31(15-23(33)28-22-7-5-21(6-8-22)27-17(3)32)16(2)24(34)29-25(35)30-26-12-18-9-19(13-26)11-20(10-18)14-26/h5-8,16,18-20H,4,9-15H2,1-3H3,(H,27,32)(H,28,33)(H2,29,30,34,35). The van der Waals surface area contributed by atoms with Gasteiger partial charge in [0.15, 0.2) is 0 Å². The molecule has 5 rings (SSSR count). The molecule has 0 aliphatic heterocycles. The van der Waals surface area contributed by atoms with Crippen LogP contribution < -0.4 is 21.3 Å². The molecule has 9 heteroatoms. The molecule has 4 aliphatic carbocycles. The van der Waals surface area contributed by atoms with Gasteiger partial charge in [0.1, 0.15) is 0 Å². The highest BCUT2D eigenvalue weighted by molar-refractivity contribution is 5.98. The molecule has 5 amide bonds. The number of nitrogens with one attached hydrogen (secondary N) is 4. The molecule has 9 nitrogen and oxygen atoms in total. The monoisotopic (exact) mass is 483 g/mol. The van der Waals surface area contributed by atoms with E-state index in [2.05, 4.69) is 21.3 Å². The van der Waals surface area contributed by atoms with E-state index in [0.29, 0.717) is 35.7 Å². The van der Waals surface area contributed by atoms with Gasteiger partial charge in [0.05, 0.1) is 12.6 Å². The molecule has 1 aromatic rings. The first-order valence-corrected chi connectivity index (χ1v) is 12.7. The van der Waals surface area contributed by atoms with Gasteiger partial charge < -0.3 is 16.0 Å². The molecule has 0 radical (unpaired) electrons. The second kappa shape index (κ2) is 10.4. The number of urea groups is 1. The summed E-state index contributed by atoms with van der Waals surface area (Å²) in [5.41, 5.74) is 1.07. The summed E-state index contributed by atoms with van der Waals surface area (Å²) >= 11 is 0. The number of benzene rings is 1. The Labute approximate surface area is 206 Å². The summed E-state index contributed by atoms with van der Waals surface area (Å²) in [5, 5.41) is 11.2. The summed E-state index contributed by atoms with van der Waals surface area (Å²) in [4.78, 5) is 51.0. The van der Waals surface area contributed by atoms with E-state index in [0.717, 1.165) is 19.3 Å². The van der Waals surface area contributed by atoms with Crippen molar-refractivity contribution >= 4 is 35.1 Å². The predicted molar refractivity (Wildman–Crippen MR) is 134 cm³/mol. The summed E-state index contributed by atoms with van der Waals surface area (Å²) in [5.74, 6) is 1.25. The van der Waals surface area contributed by atoms with Crippen LogP contribution in [0.15, 0.2) is 24.3 Å². The number of hydrogen-bond acceptors (Lipinski definition) is 5. The minimum absolute atomic E-state index is 0.00906.